The zero-order chi connectivity index (χ0) is 18.4. The first-order valence-corrected chi connectivity index (χ1v) is 9.18. The second-order valence-corrected chi connectivity index (χ2v) is 6.91. The molecule has 1 aromatic carbocycles. The van der Waals surface area contributed by atoms with Gasteiger partial charge in [0.05, 0.1) is 39.4 Å². The monoisotopic (exact) mass is 366 g/mol. The van der Waals surface area contributed by atoms with Gasteiger partial charge < -0.3 is 24.8 Å². The van der Waals surface area contributed by atoms with E-state index in [0.29, 0.717) is 31.9 Å². The number of quaternary nitrogens is 2. The van der Waals surface area contributed by atoms with Crippen molar-refractivity contribution in [2.24, 2.45) is 0 Å². The molecule has 2 aliphatic rings. The standard InChI is InChI=1S/C18H25FN4O3/c19-15-2-1-3-16(12-15)20-17(24)13-21-4-6-23(7-5-21)18(25)14-22-8-10-26-11-9-22/h1-3,12H,4-11,13-14H2,(H,20,24)/p+2. The van der Waals surface area contributed by atoms with Gasteiger partial charge in [-0.3, -0.25) is 9.59 Å². The van der Waals surface area contributed by atoms with E-state index in [1.165, 1.54) is 17.0 Å². The number of hydrogen-bond acceptors (Lipinski definition) is 3. The molecule has 2 fully saturated rings. The number of halogens is 1. The second kappa shape index (κ2) is 9.07. The molecule has 2 heterocycles. The van der Waals surface area contributed by atoms with Crippen molar-refractivity contribution in [3.63, 3.8) is 0 Å². The molecule has 8 heteroatoms. The molecule has 0 saturated carbocycles. The third-order valence-electron chi connectivity index (χ3n) is 4.94. The Labute approximate surface area is 152 Å². The molecule has 142 valence electrons. The van der Waals surface area contributed by atoms with E-state index >= 15 is 0 Å². The highest BCUT2D eigenvalue weighted by Crippen LogP contribution is 2.08. The number of morpholine rings is 1. The van der Waals surface area contributed by atoms with E-state index in [1.807, 2.05) is 4.90 Å². The number of nitrogens with one attached hydrogen (secondary N) is 3. The molecule has 3 N–H and O–H groups in total. The summed E-state index contributed by atoms with van der Waals surface area (Å²) in [5, 5.41) is 2.72. The maximum absolute atomic E-state index is 13.2. The summed E-state index contributed by atoms with van der Waals surface area (Å²) in [5.41, 5.74) is 0.469. The lowest BCUT2D eigenvalue weighted by Crippen LogP contribution is -3.16. The van der Waals surface area contributed by atoms with E-state index < -0.39 is 0 Å². The Morgan fingerprint density at radius 3 is 2.46 bits per heavy atom. The fourth-order valence-corrected chi connectivity index (χ4v) is 3.41. The predicted molar refractivity (Wildman–Crippen MR) is 93.6 cm³/mol. The van der Waals surface area contributed by atoms with E-state index in [1.54, 1.807) is 12.1 Å². The molecule has 1 aromatic rings. The topological polar surface area (TPSA) is 67.5 Å². The Kier molecular flexibility index (Phi) is 6.54. The highest BCUT2D eigenvalue weighted by atomic mass is 19.1. The second-order valence-electron chi connectivity index (χ2n) is 6.91. The largest absolute Gasteiger partial charge is 0.370 e. The van der Waals surface area contributed by atoms with Crippen molar-refractivity contribution < 1.29 is 28.5 Å². The fourth-order valence-electron chi connectivity index (χ4n) is 3.41. The number of carbonyl (C=O) groups is 2. The van der Waals surface area contributed by atoms with Crippen LogP contribution in [0.15, 0.2) is 24.3 Å². The van der Waals surface area contributed by atoms with Crippen LogP contribution in [0.3, 0.4) is 0 Å². The quantitative estimate of drug-likeness (QED) is 0.536. The highest BCUT2D eigenvalue weighted by Gasteiger charge is 2.28. The van der Waals surface area contributed by atoms with Crippen LogP contribution in [-0.4, -0.2) is 82.3 Å². The first-order chi connectivity index (χ1) is 12.6. The fraction of sp³-hybridized carbons (Fsp3) is 0.556. The molecular weight excluding hydrogens is 339 g/mol. The number of carbonyl (C=O) groups excluding carboxylic acids is 2. The summed E-state index contributed by atoms with van der Waals surface area (Å²) in [7, 11) is 0. The van der Waals surface area contributed by atoms with Gasteiger partial charge in [0, 0.05) is 5.69 Å². The summed E-state index contributed by atoms with van der Waals surface area (Å²) in [6, 6.07) is 5.88. The van der Waals surface area contributed by atoms with Crippen molar-refractivity contribution in [1.82, 2.24) is 4.90 Å². The zero-order valence-electron chi connectivity index (χ0n) is 14.9. The molecule has 7 nitrogen and oxygen atoms in total. The van der Waals surface area contributed by atoms with Gasteiger partial charge in [-0.2, -0.15) is 0 Å². The molecule has 3 rings (SSSR count). The number of ether oxygens (including phenoxy) is 1. The predicted octanol–water partition coefficient (Wildman–Crippen LogP) is -2.59. The average Bonchev–Trinajstić information content (AvgIpc) is 2.63. The molecule has 26 heavy (non-hydrogen) atoms. The van der Waals surface area contributed by atoms with Crippen molar-refractivity contribution in [1.29, 1.82) is 0 Å². The summed E-state index contributed by atoms with van der Waals surface area (Å²) in [6.45, 7) is 6.92. The third-order valence-corrected chi connectivity index (χ3v) is 4.94. The number of anilines is 1. The van der Waals surface area contributed by atoms with Crippen LogP contribution in [0.5, 0.6) is 0 Å². The lowest BCUT2D eigenvalue weighted by molar-refractivity contribution is -0.902. The van der Waals surface area contributed by atoms with Crippen molar-refractivity contribution >= 4 is 17.5 Å². The number of nitrogens with zero attached hydrogens (tertiary/aromatic N) is 1. The Hall–Kier alpha value is -2.03. The smallest absolute Gasteiger partial charge is 0.279 e. The Bertz CT molecular complexity index is 629. The van der Waals surface area contributed by atoms with E-state index in [9.17, 15) is 14.0 Å². The highest BCUT2D eigenvalue weighted by molar-refractivity contribution is 5.91. The number of benzene rings is 1. The molecular formula is C18H27FN4O3+2. The molecule has 0 atom stereocenters. The van der Waals surface area contributed by atoms with Crippen LogP contribution >= 0.6 is 0 Å². The molecule has 0 unspecified atom stereocenters. The molecule has 2 amide bonds. The number of hydrogen-bond donors (Lipinski definition) is 3. The van der Waals surface area contributed by atoms with E-state index in [-0.39, 0.29) is 17.6 Å². The van der Waals surface area contributed by atoms with Crippen molar-refractivity contribution in [2.45, 2.75) is 0 Å². The Balaban J connectivity index is 1.39. The van der Waals surface area contributed by atoms with Crippen molar-refractivity contribution in [3.8, 4) is 0 Å². The van der Waals surface area contributed by atoms with Gasteiger partial charge >= 0.3 is 0 Å². The van der Waals surface area contributed by atoms with E-state index in [2.05, 4.69) is 5.32 Å². The summed E-state index contributed by atoms with van der Waals surface area (Å²) in [6.07, 6.45) is 0. The zero-order valence-corrected chi connectivity index (χ0v) is 14.9. The van der Waals surface area contributed by atoms with Crippen LogP contribution < -0.4 is 15.1 Å². The summed E-state index contributed by atoms with van der Waals surface area (Å²) in [5.74, 6) is -0.321. The Morgan fingerprint density at radius 2 is 1.77 bits per heavy atom. The van der Waals surface area contributed by atoms with Crippen LogP contribution in [0, 0.1) is 5.82 Å². The van der Waals surface area contributed by atoms with Crippen LogP contribution in [0.2, 0.25) is 0 Å². The van der Waals surface area contributed by atoms with Gasteiger partial charge in [-0.1, -0.05) is 6.07 Å². The van der Waals surface area contributed by atoms with Crippen molar-refractivity contribution in [3.05, 3.63) is 30.1 Å². The molecule has 2 aliphatic heterocycles. The maximum Gasteiger partial charge on any atom is 0.279 e. The third kappa shape index (κ3) is 5.48. The summed E-state index contributed by atoms with van der Waals surface area (Å²) in [4.78, 5) is 28.9. The number of rotatable bonds is 5. The Morgan fingerprint density at radius 1 is 1.08 bits per heavy atom. The minimum Gasteiger partial charge on any atom is -0.370 e. The maximum atomic E-state index is 13.2. The first-order valence-electron chi connectivity index (χ1n) is 9.18. The van der Waals surface area contributed by atoms with Gasteiger partial charge in [-0.25, -0.2) is 4.39 Å². The average molecular weight is 366 g/mol. The molecule has 0 aromatic heterocycles. The minimum atomic E-state index is -0.371. The van der Waals surface area contributed by atoms with Gasteiger partial charge in [-0.05, 0) is 18.2 Å². The molecule has 0 radical (unpaired) electrons. The minimum absolute atomic E-state index is 0.136. The number of amides is 2. The van der Waals surface area contributed by atoms with Crippen LogP contribution in [0.1, 0.15) is 0 Å². The van der Waals surface area contributed by atoms with Gasteiger partial charge in [0.25, 0.3) is 11.8 Å². The summed E-state index contributed by atoms with van der Waals surface area (Å²) >= 11 is 0. The van der Waals surface area contributed by atoms with Gasteiger partial charge in [0.2, 0.25) is 0 Å². The summed E-state index contributed by atoms with van der Waals surface area (Å²) < 4.78 is 18.5. The van der Waals surface area contributed by atoms with E-state index in [4.69, 9.17) is 4.74 Å². The van der Waals surface area contributed by atoms with E-state index in [0.717, 1.165) is 44.3 Å². The lowest BCUT2D eigenvalue weighted by Gasteiger charge is -2.33. The van der Waals surface area contributed by atoms with Crippen molar-refractivity contribution in [2.75, 3.05) is 70.9 Å². The first kappa shape index (κ1) is 18.8. The van der Waals surface area contributed by atoms with Gasteiger partial charge in [0.1, 0.15) is 18.9 Å². The van der Waals surface area contributed by atoms with Gasteiger partial charge in [-0.15, -0.1) is 0 Å². The van der Waals surface area contributed by atoms with Crippen LogP contribution in [0.4, 0.5) is 10.1 Å². The SMILES string of the molecule is O=C(C[NH+]1CCN(C(=O)C[NH+]2CCOCC2)CC1)Nc1cccc(F)c1. The molecule has 0 bridgehead atoms. The normalized spacial score (nSPS) is 19.3. The van der Waals surface area contributed by atoms with Crippen LogP contribution in [0.25, 0.3) is 0 Å². The molecule has 0 spiro atoms. The molecule has 2 saturated heterocycles. The van der Waals surface area contributed by atoms with Gasteiger partial charge in [0.15, 0.2) is 13.1 Å². The van der Waals surface area contributed by atoms with Crippen LogP contribution in [-0.2, 0) is 14.3 Å². The molecule has 0 aliphatic carbocycles. The number of piperazine rings is 1. The lowest BCUT2D eigenvalue weighted by atomic mass is 10.2.